The van der Waals surface area contributed by atoms with Crippen molar-refractivity contribution in [1.82, 2.24) is 0 Å². The summed E-state index contributed by atoms with van der Waals surface area (Å²) in [7, 11) is 0. The molecule has 1 aliphatic carbocycles. The van der Waals surface area contributed by atoms with E-state index < -0.39 is 0 Å². The second-order valence-corrected chi connectivity index (χ2v) is 6.30. The van der Waals surface area contributed by atoms with Gasteiger partial charge in [-0.05, 0) is 44.0 Å². The van der Waals surface area contributed by atoms with E-state index in [1.165, 1.54) is 19.3 Å². The van der Waals surface area contributed by atoms with Crippen LogP contribution in [0.3, 0.4) is 0 Å². The minimum atomic E-state index is -0.287. The Morgan fingerprint density at radius 1 is 1.29 bits per heavy atom. The lowest BCUT2D eigenvalue weighted by Crippen LogP contribution is -2.45. The first-order valence-corrected chi connectivity index (χ1v) is 8.11. The maximum Gasteiger partial charge on any atom is 0.134 e. The summed E-state index contributed by atoms with van der Waals surface area (Å²) < 4.78 is 12.0. The molecule has 21 heavy (non-hydrogen) atoms. The van der Waals surface area contributed by atoms with Gasteiger partial charge < -0.3 is 14.9 Å². The minimum Gasteiger partial charge on any atom is -0.459 e. The second kappa shape index (κ2) is 5.99. The maximum atomic E-state index is 6.54. The number of fused-ring (bicyclic) bond motifs is 1. The summed E-state index contributed by atoms with van der Waals surface area (Å²) in [4.78, 5) is 0. The summed E-state index contributed by atoms with van der Waals surface area (Å²) in [5.74, 6) is 0.794. The Bertz CT molecular complexity index is 611. The monoisotopic (exact) mass is 307 g/mol. The van der Waals surface area contributed by atoms with Crippen molar-refractivity contribution in [2.75, 3.05) is 6.61 Å². The number of halogens is 1. The topological polar surface area (TPSA) is 48.4 Å². The molecule has 0 amide bonds. The molecule has 0 aliphatic heterocycles. The van der Waals surface area contributed by atoms with E-state index in [9.17, 15) is 0 Å². The van der Waals surface area contributed by atoms with Crippen molar-refractivity contribution >= 4 is 22.6 Å². The van der Waals surface area contributed by atoms with Gasteiger partial charge >= 0.3 is 0 Å². The third-order valence-electron chi connectivity index (χ3n) is 4.50. The molecule has 3 nitrogen and oxygen atoms in total. The van der Waals surface area contributed by atoms with Crippen molar-refractivity contribution < 1.29 is 9.15 Å². The molecule has 1 heterocycles. The highest BCUT2D eigenvalue weighted by molar-refractivity contribution is 6.31. The van der Waals surface area contributed by atoms with Crippen LogP contribution < -0.4 is 5.73 Å². The van der Waals surface area contributed by atoms with Crippen molar-refractivity contribution in [2.45, 2.75) is 50.7 Å². The van der Waals surface area contributed by atoms with E-state index in [0.717, 1.165) is 29.6 Å². The number of hydrogen-bond acceptors (Lipinski definition) is 3. The Balaban J connectivity index is 1.95. The van der Waals surface area contributed by atoms with Crippen LogP contribution in [-0.2, 0) is 4.74 Å². The van der Waals surface area contributed by atoms with E-state index in [2.05, 4.69) is 0 Å². The van der Waals surface area contributed by atoms with Gasteiger partial charge in [-0.1, -0.05) is 30.9 Å². The Kier molecular flexibility index (Phi) is 4.25. The third kappa shape index (κ3) is 2.83. The molecule has 3 rings (SSSR count). The molecule has 1 aromatic carbocycles. The average molecular weight is 308 g/mol. The molecule has 2 N–H and O–H groups in total. The second-order valence-electron chi connectivity index (χ2n) is 5.87. The van der Waals surface area contributed by atoms with E-state index in [0.29, 0.717) is 11.6 Å². The molecule has 1 aliphatic rings. The predicted octanol–water partition coefficient (Wildman–Crippen LogP) is 4.83. The predicted molar refractivity (Wildman–Crippen MR) is 85.6 cm³/mol. The first kappa shape index (κ1) is 14.9. The van der Waals surface area contributed by atoms with Crippen LogP contribution in [0.2, 0.25) is 5.02 Å². The zero-order valence-electron chi connectivity index (χ0n) is 12.4. The zero-order valence-corrected chi connectivity index (χ0v) is 13.2. The van der Waals surface area contributed by atoms with E-state index >= 15 is 0 Å². The molecule has 1 unspecified atom stereocenters. The summed E-state index contributed by atoms with van der Waals surface area (Å²) in [5, 5.41) is 1.70. The number of ether oxygens (including phenoxy) is 1. The minimum absolute atomic E-state index is 0.232. The molecule has 1 saturated carbocycles. The molecule has 0 radical (unpaired) electrons. The largest absolute Gasteiger partial charge is 0.459 e. The zero-order chi connectivity index (χ0) is 14.9. The number of nitrogens with two attached hydrogens (primary N) is 1. The van der Waals surface area contributed by atoms with Crippen molar-refractivity contribution in [2.24, 2.45) is 5.73 Å². The third-order valence-corrected chi connectivity index (χ3v) is 4.74. The van der Waals surface area contributed by atoms with Crippen molar-refractivity contribution in [3.63, 3.8) is 0 Å². The van der Waals surface area contributed by atoms with Crippen LogP contribution in [-0.4, -0.2) is 12.2 Å². The van der Waals surface area contributed by atoms with Gasteiger partial charge in [0.05, 0.1) is 11.6 Å². The Labute approximate surface area is 130 Å². The fourth-order valence-electron chi connectivity index (χ4n) is 3.43. The van der Waals surface area contributed by atoms with Gasteiger partial charge in [0.2, 0.25) is 0 Å². The molecule has 1 atom stereocenters. The van der Waals surface area contributed by atoms with Crippen LogP contribution in [0, 0.1) is 0 Å². The maximum absolute atomic E-state index is 6.54. The SMILES string of the molecule is CCOC1(C(N)c2cc3cc(Cl)ccc3o2)CCCCC1. The quantitative estimate of drug-likeness (QED) is 0.880. The fraction of sp³-hybridized carbons (Fsp3) is 0.529. The molecule has 1 aromatic heterocycles. The number of benzene rings is 1. The van der Waals surface area contributed by atoms with Crippen molar-refractivity contribution in [3.05, 3.63) is 35.0 Å². The van der Waals surface area contributed by atoms with Crippen LogP contribution in [0.25, 0.3) is 11.0 Å². The molecule has 0 spiro atoms. The van der Waals surface area contributed by atoms with Crippen molar-refractivity contribution in [3.8, 4) is 0 Å². The molecule has 4 heteroatoms. The van der Waals surface area contributed by atoms with Gasteiger partial charge in [-0.3, -0.25) is 0 Å². The van der Waals surface area contributed by atoms with Gasteiger partial charge in [-0.25, -0.2) is 0 Å². The van der Waals surface area contributed by atoms with Gasteiger partial charge in [0.1, 0.15) is 11.3 Å². The molecule has 114 valence electrons. The van der Waals surface area contributed by atoms with Crippen LogP contribution in [0.4, 0.5) is 0 Å². The first-order valence-electron chi connectivity index (χ1n) is 7.73. The number of furan rings is 1. The van der Waals surface area contributed by atoms with E-state index in [1.54, 1.807) is 0 Å². The molecule has 2 aromatic rings. The lowest BCUT2D eigenvalue weighted by molar-refractivity contribution is -0.0864. The summed E-state index contributed by atoms with van der Waals surface area (Å²) in [5.41, 5.74) is 7.08. The van der Waals surface area contributed by atoms with Gasteiger partial charge in [0, 0.05) is 17.0 Å². The Morgan fingerprint density at radius 2 is 2.05 bits per heavy atom. The van der Waals surface area contributed by atoms with Gasteiger partial charge in [-0.15, -0.1) is 0 Å². The van der Waals surface area contributed by atoms with Crippen LogP contribution >= 0.6 is 11.6 Å². The van der Waals surface area contributed by atoms with Crippen LogP contribution in [0.5, 0.6) is 0 Å². The molecule has 0 saturated heterocycles. The summed E-state index contributed by atoms with van der Waals surface area (Å²) in [6.45, 7) is 2.71. The number of rotatable bonds is 4. The van der Waals surface area contributed by atoms with Crippen LogP contribution in [0.15, 0.2) is 28.7 Å². The Morgan fingerprint density at radius 3 is 2.76 bits per heavy atom. The standard InChI is InChI=1S/C17H22ClNO2/c1-2-20-17(8-4-3-5-9-17)16(19)15-11-12-10-13(18)6-7-14(12)21-15/h6-7,10-11,16H,2-5,8-9,19H2,1H3. The fourth-order valence-corrected chi connectivity index (χ4v) is 3.61. The smallest absolute Gasteiger partial charge is 0.134 e. The van der Waals surface area contributed by atoms with Gasteiger partial charge in [-0.2, -0.15) is 0 Å². The highest BCUT2D eigenvalue weighted by Gasteiger charge is 2.41. The van der Waals surface area contributed by atoms with Crippen molar-refractivity contribution in [1.29, 1.82) is 0 Å². The first-order chi connectivity index (χ1) is 10.1. The molecular weight excluding hydrogens is 286 g/mol. The highest BCUT2D eigenvalue weighted by atomic mass is 35.5. The molecule has 0 bridgehead atoms. The van der Waals surface area contributed by atoms with Gasteiger partial charge in [0.15, 0.2) is 0 Å². The van der Waals surface area contributed by atoms with Gasteiger partial charge in [0.25, 0.3) is 0 Å². The lowest BCUT2D eigenvalue weighted by atomic mass is 9.78. The highest BCUT2D eigenvalue weighted by Crippen LogP contribution is 2.41. The molecule has 1 fully saturated rings. The average Bonchev–Trinajstić information content (AvgIpc) is 2.90. The normalized spacial score (nSPS) is 19.8. The number of hydrogen-bond donors (Lipinski definition) is 1. The lowest BCUT2D eigenvalue weighted by Gasteiger charge is -2.40. The molecular formula is C17H22ClNO2. The summed E-state index contributed by atoms with van der Waals surface area (Å²) >= 11 is 6.04. The summed E-state index contributed by atoms with van der Waals surface area (Å²) in [6.07, 6.45) is 5.59. The summed E-state index contributed by atoms with van der Waals surface area (Å²) in [6, 6.07) is 7.40. The van der Waals surface area contributed by atoms with E-state index in [1.807, 2.05) is 31.2 Å². The Hall–Kier alpha value is -1.03. The van der Waals surface area contributed by atoms with E-state index in [4.69, 9.17) is 26.5 Å². The van der Waals surface area contributed by atoms with Crippen LogP contribution in [0.1, 0.15) is 50.8 Å². The van der Waals surface area contributed by atoms with E-state index in [-0.39, 0.29) is 11.6 Å².